The average molecular weight is 334 g/mol. The smallest absolute Gasteiger partial charge is 0.223 e. The minimum Gasteiger partial charge on any atom is -0.497 e. The number of nitrogen functional groups attached to an aromatic ring is 2. The summed E-state index contributed by atoms with van der Waals surface area (Å²) in [6.45, 7) is 1.86. The van der Waals surface area contributed by atoms with Crippen molar-refractivity contribution in [3.05, 3.63) is 35.0 Å². The molecule has 1 fully saturated rings. The van der Waals surface area contributed by atoms with Crippen LogP contribution in [-0.2, 0) is 0 Å². The molecule has 1 aromatic carbocycles. The van der Waals surface area contributed by atoms with Gasteiger partial charge < -0.3 is 21.1 Å². The van der Waals surface area contributed by atoms with Gasteiger partial charge in [0.15, 0.2) is 0 Å². The SMILES string of the molecule is COc1ccc(N2CCC(c3c(N)nc(N)nc3Cl)CC2)cc1. The lowest BCUT2D eigenvalue weighted by Crippen LogP contribution is -2.33. The fourth-order valence-corrected chi connectivity index (χ4v) is 3.41. The third-order valence-electron chi connectivity index (χ3n) is 4.29. The van der Waals surface area contributed by atoms with Crippen LogP contribution in [0.1, 0.15) is 24.3 Å². The quantitative estimate of drug-likeness (QED) is 0.839. The van der Waals surface area contributed by atoms with Gasteiger partial charge in [0.05, 0.1) is 7.11 Å². The third kappa shape index (κ3) is 3.27. The van der Waals surface area contributed by atoms with Gasteiger partial charge in [0.2, 0.25) is 5.95 Å². The number of anilines is 3. The van der Waals surface area contributed by atoms with Crippen molar-refractivity contribution in [2.45, 2.75) is 18.8 Å². The number of benzene rings is 1. The molecule has 0 saturated carbocycles. The summed E-state index contributed by atoms with van der Waals surface area (Å²) in [5.74, 6) is 1.64. The van der Waals surface area contributed by atoms with Crippen molar-refractivity contribution in [2.75, 3.05) is 36.6 Å². The molecule has 0 atom stereocenters. The Morgan fingerprint density at radius 3 is 2.35 bits per heavy atom. The van der Waals surface area contributed by atoms with Crippen molar-refractivity contribution in [3.63, 3.8) is 0 Å². The van der Waals surface area contributed by atoms with Crippen LogP contribution >= 0.6 is 11.6 Å². The van der Waals surface area contributed by atoms with E-state index in [9.17, 15) is 0 Å². The number of methoxy groups -OCH3 is 1. The first kappa shape index (κ1) is 15.7. The molecular weight excluding hydrogens is 314 g/mol. The standard InChI is InChI=1S/C16H20ClN5O/c1-23-12-4-2-11(3-5-12)22-8-6-10(7-9-22)13-14(17)20-16(19)21-15(13)18/h2-5,10H,6-9H2,1H3,(H4,18,19,20,21). The summed E-state index contributed by atoms with van der Waals surface area (Å²) in [5, 5.41) is 0.373. The summed E-state index contributed by atoms with van der Waals surface area (Å²) >= 11 is 6.22. The fourth-order valence-electron chi connectivity index (χ4n) is 3.07. The Labute approximate surface area is 140 Å². The number of nitrogens with two attached hydrogens (primary N) is 2. The first-order valence-electron chi connectivity index (χ1n) is 7.56. The Morgan fingerprint density at radius 1 is 1.13 bits per heavy atom. The van der Waals surface area contributed by atoms with Gasteiger partial charge in [0.25, 0.3) is 0 Å². The van der Waals surface area contributed by atoms with E-state index in [1.807, 2.05) is 12.1 Å². The van der Waals surface area contributed by atoms with Crippen molar-refractivity contribution in [2.24, 2.45) is 0 Å². The normalized spacial score (nSPS) is 15.7. The maximum Gasteiger partial charge on any atom is 0.223 e. The number of ether oxygens (including phenoxy) is 1. The van der Waals surface area contributed by atoms with E-state index in [4.69, 9.17) is 27.8 Å². The van der Waals surface area contributed by atoms with E-state index in [0.29, 0.717) is 11.0 Å². The molecule has 1 aromatic heterocycles. The number of piperidine rings is 1. The summed E-state index contributed by atoms with van der Waals surface area (Å²) in [4.78, 5) is 10.4. The zero-order valence-electron chi connectivity index (χ0n) is 13.0. The highest BCUT2D eigenvalue weighted by atomic mass is 35.5. The molecule has 4 N–H and O–H groups in total. The molecule has 23 heavy (non-hydrogen) atoms. The van der Waals surface area contributed by atoms with E-state index in [0.717, 1.165) is 37.2 Å². The van der Waals surface area contributed by atoms with Gasteiger partial charge in [-0.1, -0.05) is 11.6 Å². The predicted molar refractivity (Wildman–Crippen MR) is 93.0 cm³/mol. The minimum absolute atomic E-state index is 0.118. The number of rotatable bonds is 3. The molecule has 6 nitrogen and oxygen atoms in total. The predicted octanol–water partition coefficient (Wildman–Crippen LogP) is 2.69. The number of hydrogen-bond acceptors (Lipinski definition) is 6. The minimum atomic E-state index is 0.118. The molecule has 0 bridgehead atoms. The first-order chi connectivity index (χ1) is 11.1. The van der Waals surface area contributed by atoms with E-state index >= 15 is 0 Å². The highest BCUT2D eigenvalue weighted by Gasteiger charge is 2.25. The van der Waals surface area contributed by atoms with Gasteiger partial charge in [-0.3, -0.25) is 0 Å². The lowest BCUT2D eigenvalue weighted by atomic mass is 9.90. The van der Waals surface area contributed by atoms with Gasteiger partial charge in [0.1, 0.15) is 16.7 Å². The highest BCUT2D eigenvalue weighted by Crippen LogP contribution is 2.36. The van der Waals surface area contributed by atoms with Gasteiger partial charge in [0, 0.05) is 24.3 Å². The van der Waals surface area contributed by atoms with Crippen LogP contribution in [0.3, 0.4) is 0 Å². The van der Waals surface area contributed by atoms with E-state index in [1.165, 1.54) is 5.69 Å². The molecule has 0 aliphatic carbocycles. The molecule has 1 saturated heterocycles. The van der Waals surface area contributed by atoms with Crippen LogP contribution in [0.5, 0.6) is 5.75 Å². The van der Waals surface area contributed by atoms with Crippen molar-refractivity contribution < 1.29 is 4.74 Å². The number of aromatic nitrogens is 2. The van der Waals surface area contributed by atoms with Crippen LogP contribution in [0.4, 0.5) is 17.5 Å². The molecule has 122 valence electrons. The topological polar surface area (TPSA) is 90.3 Å². The Kier molecular flexibility index (Phi) is 4.43. The van der Waals surface area contributed by atoms with Gasteiger partial charge in [-0.15, -0.1) is 0 Å². The number of halogens is 1. The van der Waals surface area contributed by atoms with Crippen LogP contribution in [0.15, 0.2) is 24.3 Å². The molecule has 0 radical (unpaired) electrons. The maximum atomic E-state index is 6.22. The molecule has 1 aliphatic rings. The van der Waals surface area contributed by atoms with Gasteiger partial charge in [-0.2, -0.15) is 4.98 Å². The molecule has 0 unspecified atom stereocenters. The average Bonchev–Trinajstić information content (AvgIpc) is 2.55. The highest BCUT2D eigenvalue weighted by molar-refractivity contribution is 6.30. The van der Waals surface area contributed by atoms with Gasteiger partial charge in [-0.25, -0.2) is 4.98 Å². The first-order valence-corrected chi connectivity index (χ1v) is 7.93. The van der Waals surface area contributed by atoms with Crippen molar-refractivity contribution in [3.8, 4) is 5.75 Å². The Hall–Kier alpha value is -2.21. The largest absolute Gasteiger partial charge is 0.497 e. The Morgan fingerprint density at radius 2 is 1.78 bits per heavy atom. The van der Waals surface area contributed by atoms with Crippen LogP contribution in [0, 0.1) is 0 Å². The molecule has 2 aromatic rings. The van der Waals surface area contributed by atoms with Crippen LogP contribution in [0.2, 0.25) is 5.15 Å². The lowest BCUT2D eigenvalue weighted by molar-refractivity contribution is 0.414. The molecule has 2 heterocycles. The lowest BCUT2D eigenvalue weighted by Gasteiger charge is -2.34. The summed E-state index contributed by atoms with van der Waals surface area (Å²) in [6.07, 6.45) is 1.90. The second-order valence-electron chi connectivity index (χ2n) is 5.63. The summed E-state index contributed by atoms with van der Waals surface area (Å²) < 4.78 is 5.20. The van der Waals surface area contributed by atoms with E-state index < -0.39 is 0 Å². The molecule has 7 heteroatoms. The molecule has 0 spiro atoms. The van der Waals surface area contributed by atoms with E-state index in [2.05, 4.69) is 27.0 Å². The maximum absolute atomic E-state index is 6.22. The van der Waals surface area contributed by atoms with Crippen LogP contribution < -0.4 is 21.1 Å². The third-order valence-corrected chi connectivity index (χ3v) is 4.57. The number of nitrogens with zero attached hydrogens (tertiary/aromatic N) is 3. The monoisotopic (exact) mass is 333 g/mol. The zero-order chi connectivity index (χ0) is 16.4. The Bertz CT molecular complexity index is 660. The zero-order valence-corrected chi connectivity index (χ0v) is 13.8. The van der Waals surface area contributed by atoms with Gasteiger partial charge in [-0.05, 0) is 43.0 Å². The molecule has 0 amide bonds. The summed E-state index contributed by atoms with van der Waals surface area (Å²) in [7, 11) is 1.67. The Balaban J connectivity index is 1.71. The second kappa shape index (κ2) is 6.50. The van der Waals surface area contributed by atoms with Crippen molar-refractivity contribution in [1.82, 2.24) is 9.97 Å². The second-order valence-corrected chi connectivity index (χ2v) is 5.99. The van der Waals surface area contributed by atoms with Crippen molar-refractivity contribution in [1.29, 1.82) is 0 Å². The molecule has 3 rings (SSSR count). The van der Waals surface area contributed by atoms with E-state index in [1.54, 1.807) is 7.11 Å². The molecular formula is C16H20ClN5O. The van der Waals surface area contributed by atoms with Crippen LogP contribution in [0.25, 0.3) is 0 Å². The van der Waals surface area contributed by atoms with Crippen molar-refractivity contribution >= 4 is 29.1 Å². The summed E-state index contributed by atoms with van der Waals surface area (Å²) in [5.41, 5.74) is 13.6. The van der Waals surface area contributed by atoms with Crippen LogP contribution in [-0.4, -0.2) is 30.2 Å². The molecule has 1 aliphatic heterocycles. The fraction of sp³-hybridized carbons (Fsp3) is 0.375. The summed E-state index contributed by atoms with van der Waals surface area (Å²) in [6, 6.07) is 8.10. The van der Waals surface area contributed by atoms with E-state index in [-0.39, 0.29) is 11.9 Å². The number of hydrogen-bond donors (Lipinski definition) is 2. The van der Waals surface area contributed by atoms with Gasteiger partial charge >= 0.3 is 0 Å².